The van der Waals surface area contributed by atoms with Crippen LogP contribution in [-0.4, -0.2) is 72.0 Å². The van der Waals surface area contributed by atoms with E-state index in [1.807, 2.05) is 26.8 Å². The molecule has 0 aromatic carbocycles. The number of piperazine rings is 1. The first kappa shape index (κ1) is 15.6. The van der Waals surface area contributed by atoms with Crippen LogP contribution in [0.15, 0.2) is 16.9 Å². The Hall–Kier alpha value is -2.25. The summed E-state index contributed by atoms with van der Waals surface area (Å²) in [5.41, 5.74) is -0.490. The SMILES string of the molecule is CC(C)(C)OC(=O)N1CCN(C2=CC3N=CNC3C(=O)N2)CC1. The molecule has 3 heterocycles. The zero-order chi connectivity index (χ0) is 16.6. The highest BCUT2D eigenvalue weighted by atomic mass is 16.6. The van der Waals surface area contributed by atoms with Gasteiger partial charge in [-0.1, -0.05) is 0 Å². The first-order valence-corrected chi connectivity index (χ1v) is 7.87. The van der Waals surface area contributed by atoms with Crippen LogP contribution in [0.5, 0.6) is 0 Å². The lowest BCUT2D eigenvalue weighted by atomic mass is 10.1. The number of rotatable bonds is 1. The van der Waals surface area contributed by atoms with E-state index < -0.39 is 5.60 Å². The molecule has 2 atom stereocenters. The molecule has 1 fully saturated rings. The largest absolute Gasteiger partial charge is 0.444 e. The number of nitrogens with zero attached hydrogens (tertiary/aromatic N) is 3. The van der Waals surface area contributed by atoms with Gasteiger partial charge in [-0.3, -0.25) is 9.79 Å². The average Bonchev–Trinajstić information content (AvgIpc) is 2.94. The molecular weight excluding hydrogens is 298 g/mol. The van der Waals surface area contributed by atoms with E-state index >= 15 is 0 Å². The van der Waals surface area contributed by atoms with E-state index in [-0.39, 0.29) is 24.1 Å². The molecule has 0 aromatic heterocycles. The second-order valence-electron chi connectivity index (χ2n) is 6.91. The molecule has 3 rings (SSSR count). The van der Waals surface area contributed by atoms with Gasteiger partial charge in [-0.15, -0.1) is 0 Å². The Labute approximate surface area is 135 Å². The minimum atomic E-state index is -0.490. The molecule has 8 nitrogen and oxygen atoms in total. The molecule has 3 aliphatic heterocycles. The molecule has 0 radical (unpaired) electrons. The lowest BCUT2D eigenvalue weighted by Crippen LogP contribution is -2.56. The maximum absolute atomic E-state index is 12.1. The summed E-state index contributed by atoms with van der Waals surface area (Å²) >= 11 is 0. The van der Waals surface area contributed by atoms with Crippen LogP contribution in [0.2, 0.25) is 0 Å². The van der Waals surface area contributed by atoms with Crippen LogP contribution in [0.1, 0.15) is 20.8 Å². The summed E-state index contributed by atoms with van der Waals surface area (Å²) in [4.78, 5) is 32.1. The average molecular weight is 321 g/mol. The van der Waals surface area contributed by atoms with Crippen LogP contribution in [-0.2, 0) is 9.53 Å². The Balaban J connectivity index is 1.58. The molecule has 0 aromatic rings. The number of hydrogen-bond acceptors (Lipinski definition) is 6. The van der Waals surface area contributed by atoms with Crippen LogP contribution >= 0.6 is 0 Å². The number of amides is 2. The van der Waals surface area contributed by atoms with Gasteiger partial charge in [0.15, 0.2) is 0 Å². The van der Waals surface area contributed by atoms with Crippen molar-refractivity contribution in [1.82, 2.24) is 20.4 Å². The Morgan fingerprint density at radius 3 is 2.65 bits per heavy atom. The third-order valence-corrected chi connectivity index (χ3v) is 3.98. The van der Waals surface area contributed by atoms with Crippen molar-refractivity contribution in [3.8, 4) is 0 Å². The molecule has 0 aliphatic carbocycles. The van der Waals surface area contributed by atoms with Gasteiger partial charge in [0.05, 0.1) is 6.34 Å². The number of fused-ring (bicyclic) bond motifs is 1. The maximum Gasteiger partial charge on any atom is 0.410 e. The van der Waals surface area contributed by atoms with Crippen molar-refractivity contribution < 1.29 is 14.3 Å². The zero-order valence-electron chi connectivity index (χ0n) is 13.7. The predicted octanol–water partition coefficient (Wildman–Crippen LogP) is -0.121. The zero-order valence-corrected chi connectivity index (χ0v) is 13.7. The minimum Gasteiger partial charge on any atom is -0.444 e. The van der Waals surface area contributed by atoms with Crippen molar-refractivity contribution in [2.45, 2.75) is 38.5 Å². The highest BCUT2D eigenvalue weighted by Crippen LogP contribution is 2.18. The topological polar surface area (TPSA) is 86.3 Å². The maximum atomic E-state index is 12.1. The fourth-order valence-corrected chi connectivity index (χ4v) is 2.81. The van der Waals surface area contributed by atoms with Gasteiger partial charge in [0.2, 0.25) is 0 Å². The summed E-state index contributed by atoms with van der Waals surface area (Å²) in [5.74, 6) is 0.709. The van der Waals surface area contributed by atoms with E-state index in [9.17, 15) is 9.59 Å². The van der Waals surface area contributed by atoms with Gasteiger partial charge in [0.25, 0.3) is 5.91 Å². The molecule has 2 N–H and O–H groups in total. The van der Waals surface area contributed by atoms with Crippen molar-refractivity contribution in [3.05, 3.63) is 11.9 Å². The lowest BCUT2D eigenvalue weighted by molar-refractivity contribution is -0.123. The van der Waals surface area contributed by atoms with Gasteiger partial charge in [0, 0.05) is 26.2 Å². The third-order valence-electron chi connectivity index (χ3n) is 3.98. The predicted molar refractivity (Wildman–Crippen MR) is 84.8 cm³/mol. The summed E-state index contributed by atoms with van der Waals surface area (Å²) in [5, 5.41) is 5.85. The molecule has 2 amide bonds. The minimum absolute atomic E-state index is 0.0698. The molecule has 0 bridgehead atoms. The van der Waals surface area contributed by atoms with Gasteiger partial charge in [-0.25, -0.2) is 4.79 Å². The lowest BCUT2D eigenvalue weighted by Gasteiger charge is -2.39. The number of nitrogens with one attached hydrogen (secondary N) is 2. The Morgan fingerprint density at radius 1 is 1.30 bits per heavy atom. The van der Waals surface area contributed by atoms with Gasteiger partial charge in [-0.2, -0.15) is 0 Å². The van der Waals surface area contributed by atoms with Crippen LogP contribution in [0.25, 0.3) is 0 Å². The molecule has 3 aliphatic rings. The number of carbonyl (C=O) groups is 2. The summed E-state index contributed by atoms with van der Waals surface area (Å²) in [7, 11) is 0. The van der Waals surface area contributed by atoms with E-state index in [1.165, 1.54) is 0 Å². The third kappa shape index (κ3) is 3.40. The van der Waals surface area contributed by atoms with Crippen LogP contribution < -0.4 is 10.6 Å². The summed E-state index contributed by atoms with van der Waals surface area (Å²) in [6.07, 6.45) is 3.25. The molecule has 23 heavy (non-hydrogen) atoms. The van der Waals surface area contributed by atoms with Gasteiger partial charge >= 0.3 is 6.09 Å². The van der Waals surface area contributed by atoms with Gasteiger partial charge < -0.3 is 25.2 Å². The van der Waals surface area contributed by atoms with E-state index in [1.54, 1.807) is 11.2 Å². The Bertz CT molecular complexity index is 558. The molecule has 8 heteroatoms. The number of ether oxygens (including phenoxy) is 1. The number of carbonyl (C=O) groups excluding carboxylic acids is 2. The van der Waals surface area contributed by atoms with Crippen molar-refractivity contribution in [2.75, 3.05) is 26.2 Å². The van der Waals surface area contributed by atoms with Crippen molar-refractivity contribution in [3.63, 3.8) is 0 Å². The monoisotopic (exact) mass is 321 g/mol. The van der Waals surface area contributed by atoms with Crippen LogP contribution in [0, 0.1) is 0 Å². The summed E-state index contributed by atoms with van der Waals surface area (Å²) < 4.78 is 5.39. The Morgan fingerprint density at radius 2 is 2.00 bits per heavy atom. The highest BCUT2D eigenvalue weighted by molar-refractivity contribution is 5.89. The van der Waals surface area contributed by atoms with E-state index in [0.29, 0.717) is 26.2 Å². The first-order chi connectivity index (χ1) is 10.8. The van der Waals surface area contributed by atoms with Gasteiger partial charge in [0.1, 0.15) is 23.5 Å². The molecule has 2 unspecified atom stereocenters. The van der Waals surface area contributed by atoms with Crippen LogP contribution in [0.3, 0.4) is 0 Å². The smallest absolute Gasteiger partial charge is 0.410 e. The van der Waals surface area contributed by atoms with E-state index in [0.717, 1.165) is 5.82 Å². The van der Waals surface area contributed by atoms with Gasteiger partial charge in [-0.05, 0) is 26.8 Å². The highest BCUT2D eigenvalue weighted by Gasteiger charge is 2.36. The quantitative estimate of drug-likeness (QED) is 0.703. The summed E-state index contributed by atoms with van der Waals surface area (Å²) in [6.45, 7) is 8.01. The van der Waals surface area contributed by atoms with Crippen molar-refractivity contribution >= 4 is 18.3 Å². The van der Waals surface area contributed by atoms with Crippen molar-refractivity contribution in [2.24, 2.45) is 4.99 Å². The first-order valence-electron chi connectivity index (χ1n) is 7.87. The molecule has 126 valence electrons. The number of hydrogen-bond donors (Lipinski definition) is 2. The molecular formula is C15H23N5O3. The molecule has 0 saturated carbocycles. The molecule has 0 spiro atoms. The number of aliphatic imine (C=N–C) groups is 1. The Kier molecular flexibility index (Phi) is 3.91. The second kappa shape index (κ2) is 5.75. The standard InChI is InChI=1S/C15H23N5O3/c1-15(2,3)23-14(22)20-6-4-19(5-7-20)11-8-10-12(13(21)18-11)17-9-16-10/h8-10,12H,4-7H2,1-3H3,(H,16,17)(H,18,21). The fourth-order valence-electron chi connectivity index (χ4n) is 2.81. The van der Waals surface area contributed by atoms with E-state index in [2.05, 4.69) is 20.5 Å². The fraction of sp³-hybridized carbons (Fsp3) is 0.667. The normalized spacial score (nSPS) is 27.1. The van der Waals surface area contributed by atoms with Crippen LogP contribution in [0.4, 0.5) is 4.79 Å². The second-order valence-corrected chi connectivity index (χ2v) is 6.91. The molecule has 1 saturated heterocycles. The van der Waals surface area contributed by atoms with E-state index in [4.69, 9.17) is 4.74 Å². The van der Waals surface area contributed by atoms with Crippen molar-refractivity contribution in [1.29, 1.82) is 0 Å². The summed E-state index contributed by atoms with van der Waals surface area (Å²) in [6, 6.07) is -0.454.